The van der Waals surface area contributed by atoms with E-state index >= 15 is 0 Å². The SMILES string of the molecule is COc1ccccc1NC(=O)COC(=O)c1ccccc1SCC(=O)NC(C)C. The second-order valence-corrected chi connectivity index (χ2v) is 7.35. The van der Waals surface area contributed by atoms with E-state index in [0.717, 1.165) is 0 Å². The minimum absolute atomic E-state index is 0.0464. The molecule has 0 aliphatic heterocycles. The Hall–Kier alpha value is -3.00. The van der Waals surface area contributed by atoms with Gasteiger partial charge in [0.25, 0.3) is 5.91 Å². The largest absolute Gasteiger partial charge is 0.495 e. The van der Waals surface area contributed by atoms with Gasteiger partial charge in [-0.2, -0.15) is 0 Å². The summed E-state index contributed by atoms with van der Waals surface area (Å²) >= 11 is 1.24. The number of ether oxygens (including phenoxy) is 2. The molecule has 0 fully saturated rings. The van der Waals surface area contributed by atoms with Gasteiger partial charge in [-0.05, 0) is 38.1 Å². The number of methoxy groups -OCH3 is 1. The van der Waals surface area contributed by atoms with Crippen molar-refractivity contribution in [2.24, 2.45) is 0 Å². The summed E-state index contributed by atoms with van der Waals surface area (Å²) in [6.07, 6.45) is 0. The van der Waals surface area contributed by atoms with Crippen LogP contribution >= 0.6 is 11.8 Å². The van der Waals surface area contributed by atoms with Crippen molar-refractivity contribution in [3.63, 3.8) is 0 Å². The van der Waals surface area contributed by atoms with Gasteiger partial charge in [0.2, 0.25) is 5.91 Å². The maximum Gasteiger partial charge on any atom is 0.339 e. The van der Waals surface area contributed by atoms with Gasteiger partial charge in [-0.25, -0.2) is 4.79 Å². The van der Waals surface area contributed by atoms with Crippen LogP contribution in [0.5, 0.6) is 5.75 Å². The van der Waals surface area contributed by atoms with Gasteiger partial charge >= 0.3 is 5.97 Å². The predicted octanol–water partition coefficient (Wildman–Crippen LogP) is 3.11. The molecule has 2 amide bonds. The van der Waals surface area contributed by atoms with Gasteiger partial charge in [0.1, 0.15) is 5.75 Å². The van der Waals surface area contributed by atoms with E-state index in [4.69, 9.17) is 9.47 Å². The summed E-state index contributed by atoms with van der Waals surface area (Å²) in [6.45, 7) is 3.32. The second-order valence-electron chi connectivity index (χ2n) is 6.33. The van der Waals surface area contributed by atoms with Crippen LogP contribution in [0.4, 0.5) is 5.69 Å². The summed E-state index contributed by atoms with van der Waals surface area (Å²) in [4.78, 5) is 37.0. The number of carbonyl (C=O) groups excluding carboxylic acids is 3. The highest BCUT2D eigenvalue weighted by Crippen LogP contribution is 2.24. The molecule has 8 heteroatoms. The van der Waals surface area contributed by atoms with E-state index < -0.39 is 18.5 Å². The molecule has 0 bridgehead atoms. The number of hydrogen-bond acceptors (Lipinski definition) is 6. The van der Waals surface area contributed by atoms with Gasteiger partial charge in [-0.3, -0.25) is 9.59 Å². The number of carbonyl (C=O) groups is 3. The van der Waals surface area contributed by atoms with Crippen LogP contribution in [-0.4, -0.2) is 43.3 Å². The third kappa shape index (κ3) is 7.15. The molecule has 2 aromatic rings. The van der Waals surface area contributed by atoms with E-state index in [0.29, 0.717) is 21.9 Å². The van der Waals surface area contributed by atoms with Crippen molar-refractivity contribution < 1.29 is 23.9 Å². The fraction of sp³-hybridized carbons (Fsp3) is 0.286. The first kappa shape index (κ1) is 22.3. The molecule has 7 nitrogen and oxygen atoms in total. The topological polar surface area (TPSA) is 93.7 Å². The Morgan fingerprint density at radius 3 is 2.41 bits per heavy atom. The maximum atomic E-state index is 12.4. The Kier molecular flexibility index (Phi) is 8.54. The summed E-state index contributed by atoms with van der Waals surface area (Å²) in [5.74, 6) is -0.550. The van der Waals surface area contributed by atoms with Gasteiger partial charge < -0.3 is 20.1 Å². The van der Waals surface area contributed by atoms with Crippen molar-refractivity contribution in [2.75, 3.05) is 24.8 Å². The third-order valence-corrected chi connectivity index (χ3v) is 4.70. The molecule has 0 saturated heterocycles. The van der Waals surface area contributed by atoms with Crippen LogP contribution in [0.3, 0.4) is 0 Å². The number of anilines is 1. The van der Waals surface area contributed by atoms with Crippen LogP contribution < -0.4 is 15.4 Å². The molecule has 2 N–H and O–H groups in total. The summed E-state index contributed by atoms with van der Waals surface area (Å²) in [7, 11) is 1.50. The first-order valence-electron chi connectivity index (χ1n) is 9.02. The number of benzene rings is 2. The number of amides is 2. The Morgan fingerprint density at radius 1 is 1.00 bits per heavy atom. The Bertz CT molecular complexity index is 870. The van der Waals surface area contributed by atoms with Gasteiger partial charge in [-0.1, -0.05) is 24.3 Å². The standard InChI is InChI=1S/C21H24N2O5S/c1-14(2)22-20(25)13-29-18-11-7-4-8-15(18)21(26)28-12-19(24)23-16-9-5-6-10-17(16)27-3/h4-11,14H,12-13H2,1-3H3,(H,22,25)(H,23,24). The fourth-order valence-electron chi connectivity index (χ4n) is 2.41. The smallest absolute Gasteiger partial charge is 0.339 e. The molecule has 0 aliphatic rings. The average molecular weight is 416 g/mol. The minimum atomic E-state index is -0.632. The van der Waals surface area contributed by atoms with Crippen molar-refractivity contribution in [1.29, 1.82) is 0 Å². The van der Waals surface area contributed by atoms with Gasteiger partial charge in [0.05, 0.1) is 24.1 Å². The molecular weight excluding hydrogens is 392 g/mol. The molecule has 2 rings (SSSR count). The number of para-hydroxylation sites is 2. The summed E-state index contributed by atoms with van der Waals surface area (Å²) in [5.41, 5.74) is 0.795. The fourth-order valence-corrected chi connectivity index (χ4v) is 3.26. The highest BCUT2D eigenvalue weighted by molar-refractivity contribution is 8.00. The monoisotopic (exact) mass is 416 g/mol. The summed E-state index contributed by atoms with van der Waals surface area (Å²) in [5, 5.41) is 5.44. The van der Waals surface area contributed by atoms with E-state index in [1.807, 2.05) is 13.8 Å². The Balaban J connectivity index is 1.93. The van der Waals surface area contributed by atoms with E-state index in [-0.39, 0.29) is 17.7 Å². The van der Waals surface area contributed by atoms with Gasteiger partial charge in [0, 0.05) is 10.9 Å². The van der Waals surface area contributed by atoms with Crippen molar-refractivity contribution >= 4 is 35.2 Å². The number of thioether (sulfide) groups is 1. The van der Waals surface area contributed by atoms with Crippen LogP contribution in [0.15, 0.2) is 53.4 Å². The molecule has 0 spiro atoms. The van der Waals surface area contributed by atoms with Crippen molar-refractivity contribution in [3.05, 3.63) is 54.1 Å². The number of hydrogen-bond donors (Lipinski definition) is 2. The Labute approximate surface area is 174 Å². The van der Waals surface area contributed by atoms with Crippen molar-refractivity contribution in [3.8, 4) is 5.75 Å². The molecule has 0 aliphatic carbocycles. The highest BCUT2D eigenvalue weighted by atomic mass is 32.2. The molecule has 0 unspecified atom stereocenters. The molecule has 2 aromatic carbocycles. The highest BCUT2D eigenvalue weighted by Gasteiger charge is 2.16. The van der Waals surface area contributed by atoms with Crippen LogP contribution in [0, 0.1) is 0 Å². The average Bonchev–Trinajstić information content (AvgIpc) is 2.70. The molecule has 0 heterocycles. The normalized spacial score (nSPS) is 10.3. The molecule has 154 valence electrons. The summed E-state index contributed by atoms with van der Waals surface area (Å²) in [6, 6.07) is 13.8. The first-order valence-corrected chi connectivity index (χ1v) is 10.0. The second kappa shape index (κ2) is 11.1. The van der Waals surface area contributed by atoms with Crippen LogP contribution in [-0.2, 0) is 14.3 Å². The molecule has 0 atom stereocenters. The Morgan fingerprint density at radius 2 is 1.69 bits per heavy atom. The lowest BCUT2D eigenvalue weighted by Gasteiger charge is -2.12. The lowest BCUT2D eigenvalue weighted by Crippen LogP contribution is -2.31. The summed E-state index contributed by atoms with van der Waals surface area (Å²) < 4.78 is 10.3. The van der Waals surface area contributed by atoms with E-state index in [9.17, 15) is 14.4 Å². The molecular formula is C21H24N2O5S. The first-order chi connectivity index (χ1) is 13.9. The van der Waals surface area contributed by atoms with E-state index in [2.05, 4.69) is 10.6 Å². The zero-order valence-electron chi connectivity index (χ0n) is 16.6. The van der Waals surface area contributed by atoms with Crippen molar-refractivity contribution in [1.82, 2.24) is 5.32 Å². The van der Waals surface area contributed by atoms with Gasteiger partial charge in [0.15, 0.2) is 6.61 Å². The predicted molar refractivity (Wildman–Crippen MR) is 112 cm³/mol. The number of nitrogens with one attached hydrogen (secondary N) is 2. The third-order valence-electron chi connectivity index (χ3n) is 3.63. The quantitative estimate of drug-likeness (QED) is 0.482. The molecule has 29 heavy (non-hydrogen) atoms. The van der Waals surface area contributed by atoms with E-state index in [1.54, 1.807) is 48.5 Å². The molecule has 0 radical (unpaired) electrons. The van der Waals surface area contributed by atoms with Crippen LogP contribution in [0.2, 0.25) is 0 Å². The number of esters is 1. The lowest BCUT2D eigenvalue weighted by molar-refractivity contribution is -0.119. The van der Waals surface area contributed by atoms with E-state index in [1.165, 1.54) is 18.9 Å². The number of rotatable bonds is 9. The van der Waals surface area contributed by atoms with Gasteiger partial charge in [-0.15, -0.1) is 11.8 Å². The maximum absolute atomic E-state index is 12.4. The lowest BCUT2D eigenvalue weighted by atomic mass is 10.2. The minimum Gasteiger partial charge on any atom is -0.495 e. The molecule has 0 saturated carbocycles. The van der Waals surface area contributed by atoms with Crippen LogP contribution in [0.1, 0.15) is 24.2 Å². The van der Waals surface area contributed by atoms with Crippen LogP contribution in [0.25, 0.3) is 0 Å². The molecule has 0 aromatic heterocycles. The zero-order chi connectivity index (χ0) is 21.2. The zero-order valence-corrected chi connectivity index (χ0v) is 17.4. The van der Waals surface area contributed by atoms with Crippen molar-refractivity contribution in [2.45, 2.75) is 24.8 Å².